The maximum atomic E-state index is 3.25. The number of rotatable bonds is 0. The van der Waals surface area contributed by atoms with Gasteiger partial charge in [-0.05, 0) is 0 Å². The van der Waals surface area contributed by atoms with Crippen LogP contribution in [0.4, 0.5) is 0 Å². The van der Waals surface area contributed by atoms with Crippen LogP contribution in [0.3, 0.4) is 0 Å². The zero-order valence-corrected chi connectivity index (χ0v) is 12.6. The van der Waals surface area contributed by atoms with E-state index < -0.39 is 0 Å². The fraction of sp³-hybridized carbons (Fsp3) is 0. The normalized spacial score (nSPS) is 1.71. The van der Waals surface area contributed by atoms with Crippen molar-refractivity contribution in [1.82, 2.24) is 0 Å². The second-order valence-electron chi connectivity index (χ2n) is 0.289. The van der Waals surface area contributed by atoms with Gasteiger partial charge in [0.25, 0.3) is 0 Å². The Labute approximate surface area is 94.9 Å². The maximum Gasteiger partial charge on any atom is 0 e. The van der Waals surface area contributed by atoms with Crippen LogP contribution >= 0.6 is 24.8 Å². The van der Waals surface area contributed by atoms with E-state index in [-0.39, 0.29) is 76.5 Å². The Hall–Kier alpha value is 1.93. The summed E-state index contributed by atoms with van der Waals surface area (Å²) in [4.78, 5) is 0. The predicted octanol–water partition coefficient (Wildman–Crippen LogP) is 1.85. The molecule has 0 aliphatic heterocycles. The van der Waals surface area contributed by atoms with Gasteiger partial charge >= 0.3 is 0 Å². The molecule has 0 aliphatic rings. The first-order chi connectivity index (χ1) is 1.41. The van der Waals surface area contributed by atoms with E-state index in [0.29, 0.717) is 0 Å². The second-order valence-corrected chi connectivity index (χ2v) is 0.289. The van der Waals surface area contributed by atoms with Gasteiger partial charge in [-0.3, -0.25) is 0 Å². The Balaban J connectivity index is -0.00000000333. The van der Waals surface area contributed by atoms with Crippen LogP contribution in [0, 0.1) is 6.92 Å². The molecule has 0 saturated carbocycles. The zero-order valence-electron chi connectivity index (χ0n) is 3.81. The van der Waals surface area contributed by atoms with E-state index in [2.05, 4.69) is 13.5 Å². The van der Waals surface area contributed by atoms with Gasteiger partial charge in [0.15, 0.2) is 0 Å². The van der Waals surface area contributed by atoms with E-state index in [0.717, 1.165) is 0 Å². The van der Waals surface area contributed by atoms with E-state index in [1.54, 1.807) is 0 Å². The maximum absolute atomic E-state index is 3.25. The van der Waals surface area contributed by atoms with Gasteiger partial charge in [-0.1, -0.05) is 0 Å². The molecule has 0 nitrogen and oxygen atoms in total. The van der Waals surface area contributed by atoms with Gasteiger partial charge in [0.05, 0.1) is 0 Å². The van der Waals surface area contributed by atoms with E-state index in [4.69, 9.17) is 0 Å². The number of hydrogen-bond acceptors (Lipinski definition) is 0. The van der Waals surface area contributed by atoms with Crippen LogP contribution in [0.1, 0.15) is 0 Å². The summed E-state index contributed by atoms with van der Waals surface area (Å²) >= 11 is 0. The first-order valence-electron chi connectivity index (χ1n) is 0.816. The van der Waals surface area contributed by atoms with Crippen molar-refractivity contribution in [2.45, 2.75) is 0 Å². The Morgan fingerprint density at radius 1 is 1.14 bits per heavy atom. The van der Waals surface area contributed by atoms with Gasteiger partial charge in [-0.15, -0.1) is 24.8 Å². The average Bonchev–Trinajstić information content (AvgIpc) is 0.918. The van der Waals surface area contributed by atoms with E-state index in [1.165, 1.54) is 6.08 Å². The molecular weight excluding hydrogens is 464 g/mol. The summed E-state index contributed by atoms with van der Waals surface area (Å²) in [5.41, 5.74) is 0. The van der Waals surface area contributed by atoms with Gasteiger partial charge in [0.1, 0.15) is 0 Å². The van der Waals surface area contributed by atoms with Gasteiger partial charge in [0.2, 0.25) is 0 Å². The molecule has 0 radical (unpaired) electrons. The SMILES string of the molecule is C=C[CH2-].Cl.Cl.[Hf].[Hf]. The van der Waals surface area contributed by atoms with Crippen molar-refractivity contribution < 1.29 is 51.7 Å². The predicted molar refractivity (Wildman–Crippen MR) is 30.0 cm³/mol. The van der Waals surface area contributed by atoms with Crippen LogP contribution in [0.25, 0.3) is 0 Å². The zero-order chi connectivity index (χ0) is 2.71. The summed E-state index contributed by atoms with van der Waals surface area (Å²) in [5, 5.41) is 0. The minimum absolute atomic E-state index is 0. The largest absolute Gasteiger partial charge is 0.245 e. The second kappa shape index (κ2) is 44.4. The van der Waals surface area contributed by atoms with E-state index in [9.17, 15) is 0 Å². The van der Waals surface area contributed by atoms with Crippen molar-refractivity contribution in [1.29, 1.82) is 0 Å². The standard InChI is InChI=1S/C3H5.2ClH.2Hf/c1-3-2;;;;/h3H,1-2H2;2*1H;;/q-1;;;;. The number of halogens is 2. The molecule has 0 N–H and O–H groups in total. The molecule has 0 heterocycles. The van der Waals surface area contributed by atoms with Crippen LogP contribution < -0.4 is 0 Å². The quantitative estimate of drug-likeness (QED) is 0.374. The fourth-order valence-electron chi connectivity index (χ4n) is 0. The number of allylic oxidation sites excluding steroid dienone is 1. The topological polar surface area (TPSA) is 0 Å². The first-order valence-corrected chi connectivity index (χ1v) is 0.816. The van der Waals surface area contributed by atoms with Crippen molar-refractivity contribution in [3.63, 3.8) is 0 Å². The molecule has 0 amide bonds. The molecule has 0 fully saturated rings. The summed E-state index contributed by atoms with van der Waals surface area (Å²) in [5.74, 6) is 0. The number of hydrogen-bond donors (Lipinski definition) is 0. The third-order valence-corrected chi connectivity index (χ3v) is 0. The Kier molecular flexibility index (Phi) is 230. The average molecular weight is 471 g/mol. The molecule has 7 heavy (non-hydrogen) atoms. The molecular formula is C3H7Cl2Hf2-. The minimum Gasteiger partial charge on any atom is -0.245 e. The summed E-state index contributed by atoms with van der Waals surface area (Å²) in [6.45, 7) is 6.50. The monoisotopic (exact) mass is 473 g/mol. The minimum atomic E-state index is 0. The van der Waals surface area contributed by atoms with Gasteiger partial charge in [-0.2, -0.15) is 0 Å². The molecule has 0 spiro atoms. The van der Waals surface area contributed by atoms with E-state index >= 15 is 0 Å². The Morgan fingerprint density at radius 2 is 1.14 bits per heavy atom. The first kappa shape index (κ1) is 36.4. The molecule has 0 rings (SSSR count). The van der Waals surface area contributed by atoms with Crippen LogP contribution in [-0.2, 0) is 51.7 Å². The Morgan fingerprint density at radius 3 is 1.14 bits per heavy atom. The molecule has 42 valence electrons. The van der Waals surface area contributed by atoms with Crippen LogP contribution in [0.2, 0.25) is 0 Å². The molecule has 0 atom stereocenters. The van der Waals surface area contributed by atoms with Crippen LogP contribution in [0.15, 0.2) is 12.7 Å². The molecule has 0 aromatic carbocycles. The smallest absolute Gasteiger partial charge is 0 e. The molecule has 0 aromatic rings. The molecule has 0 aliphatic carbocycles. The Bertz CT molecular complexity index is 18.4. The summed E-state index contributed by atoms with van der Waals surface area (Å²) < 4.78 is 0. The van der Waals surface area contributed by atoms with E-state index in [1.807, 2.05) is 0 Å². The van der Waals surface area contributed by atoms with Crippen molar-refractivity contribution in [2.75, 3.05) is 0 Å². The van der Waals surface area contributed by atoms with Gasteiger partial charge in [0, 0.05) is 51.7 Å². The van der Waals surface area contributed by atoms with Gasteiger partial charge in [-0.25, -0.2) is 19.6 Å². The fourth-order valence-corrected chi connectivity index (χ4v) is 0. The summed E-state index contributed by atoms with van der Waals surface area (Å²) in [6.07, 6.45) is 1.50. The van der Waals surface area contributed by atoms with Crippen molar-refractivity contribution >= 4 is 24.8 Å². The third kappa shape index (κ3) is 74.9. The molecule has 0 aromatic heterocycles. The molecule has 0 unspecified atom stereocenters. The van der Waals surface area contributed by atoms with Crippen molar-refractivity contribution in [3.8, 4) is 0 Å². The summed E-state index contributed by atoms with van der Waals surface area (Å²) in [6, 6.07) is 0. The molecule has 0 saturated heterocycles. The summed E-state index contributed by atoms with van der Waals surface area (Å²) in [7, 11) is 0. The van der Waals surface area contributed by atoms with Crippen molar-refractivity contribution in [2.24, 2.45) is 0 Å². The molecule has 4 heteroatoms. The third-order valence-electron chi connectivity index (χ3n) is 0. The van der Waals surface area contributed by atoms with Crippen LogP contribution in [0.5, 0.6) is 0 Å². The van der Waals surface area contributed by atoms with Gasteiger partial charge < -0.3 is 0 Å². The van der Waals surface area contributed by atoms with Crippen LogP contribution in [-0.4, -0.2) is 0 Å². The molecule has 0 bridgehead atoms. The van der Waals surface area contributed by atoms with Crippen molar-refractivity contribution in [3.05, 3.63) is 19.6 Å².